The van der Waals surface area contributed by atoms with E-state index in [-0.39, 0.29) is 6.10 Å². The fourth-order valence-electron chi connectivity index (χ4n) is 3.68. The zero-order valence-corrected chi connectivity index (χ0v) is 12.8. The molecule has 2 atom stereocenters. The van der Waals surface area contributed by atoms with Crippen molar-refractivity contribution in [3.05, 3.63) is 0 Å². The minimum Gasteiger partial charge on any atom is -0.382 e. The summed E-state index contributed by atoms with van der Waals surface area (Å²) < 4.78 is 10.8. The van der Waals surface area contributed by atoms with Crippen molar-refractivity contribution in [2.75, 3.05) is 40.5 Å². The molecule has 1 saturated carbocycles. The number of hydrogen-bond acceptors (Lipinski definition) is 4. The number of nitrogens with one attached hydrogen (secondary N) is 1. The van der Waals surface area contributed by atoms with Crippen molar-refractivity contribution >= 4 is 0 Å². The third-order valence-corrected chi connectivity index (χ3v) is 4.89. The highest BCUT2D eigenvalue weighted by Gasteiger charge is 2.40. The molecule has 0 aromatic carbocycles. The van der Waals surface area contributed by atoms with Crippen molar-refractivity contribution in [1.29, 1.82) is 0 Å². The molecule has 1 aliphatic carbocycles. The predicted octanol–water partition coefficient (Wildman–Crippen LogP) is 1.64. The Kier molecular flexibility index (Phi) is 5.63. The van der Waals surface area contributed by atoms with Gasteiger partial charge in [0.15, 0.2) is 0 Å². The SMILES string of the molecule is CCC1CNC2(CCCC2)CN1CC(COC)OC. The lowest BCUT2D eigenvalue weighted by molar-refractivity contribution is -0.0205. The largest absolute Gasteiger partial charge is 0.382 e. The molecule has 112 valence electrons. The molecule has 0 aromatic rings. The monoisotopic (exact) mass is 270 g/mol. The first-order chi connectivity index (χ1) is 9.23. The number of piperazine rings is 1. The molecule has 2 aliphatic rings. The van der Waals surface area contributed by atoms with Crippen molar-refractivity contribution < 1.29 is 9.47 Å². The summed E-state index contributed by atoms with van der Waals surface area (Å²) in [5, 5.41) is 3.83. The Bertz CT molecular complexity index is 267. The van der Waals surface area contributed by atoms with E-state index in [1.54, 1.807) is 14.2 Å². The second kappa shape index (κ2) is 7.02. The van der Waals surface area contributed by atoms with Crippen molar-refractivity contribution in [3.8, 4) is 0 Å². The Morgan fingerprint density at radius 2 is 2.05 bits per heavy atom. The summed E-state index contributed by atoms with van der Waals surface area (Å²) in [7, 11) is 3.54. The van der Waals surface area contributed by atoms with Crippen molar-refractivity contribution in [2.24, 2.45) is 0 Å². The molecule has 2 fully saturated rings. The van der Waals surface area contributed by atoms with Gasteiger partial charge in [0, 0.05) is 45.4 Å². The summed E-state index contributed by atoms with van der Waals surface area (Å²) in [5.74, 6) is 0. The van der Waals surface area contributed by atoms with Crippen LogP contribution >= 0.6 is 0 Å². The average Bonchev–Trinajstić information content (AvgIpc) is 2.87. The van der Waals surface area contributed by atoms with Crippen molar-refractivity contribution in [1.82, 2.24) is 10.2 Å². The van der Waals surface area contributed by atoms with Crippen LogP contribution in [0.5, 0.6) is 0 Å². The Morgan fingerprint density at radius 1 is 1.32 bits per heavy atom. The number of methoxy groups -OCH3 is 2. The first-order valence-electron chi connectivity index (χ1n) is 7.74. The second-order valence-corrected chi connectivity index (χ2v) is 6.17. The number of ether oxygens (including phenoxy) is 2. The molecule has 1 heterocycles. The van der Waals surface area contributed by atoms with Gasteiger partial charge in [-0.1, -0.05) is 19.8 Å². The van der Waals surface area contributed by atoms with Crippen LogP contribution in [-0.4, -0.2) is 63.0 Å². The van der Waals surface area contributed by atoms with E-state index in [1.165, 1.54) is 38.6 Å². The van der Waals surface area contributed by atoms with E-state index >= 15 is 0 Å². The minimum absolute atomic E-state index is 0.190. The second-order valence-electron chi connectivity index (χ2n) is 6.17. The van der Waals surface area contributed by atoms with Gasteiger partial charge >= 0.3 is 0 Å². The van der Waals surface area contributed by atoms with Crippen LogP contribution in [0.2, 0.25) is 0 Å². The fourth-order valence-corrected chi connectivity index (χ4v) is 3.68. The molecule has 1 saturated heterocycles. The summed E-state index contributed by atoms with van der Waals surface area (Å²) in [6.07, 6.45) is 6.82. The standard InChI is InChI=1S/C15H30N2O2/c1-4-13-9-16-15(7-5-6-8-15)12-17(13)10-14(19-3)11-18-2/h13-14,16H,4-12H2,1-3H3. The minimum atomic E-state index is 0.190. The van der Waals surface area contributed by atoms with Crippen molar-refractivity contribution in [2.45, 2.75) is 56.7 Å². The van der Waals surface area contributed by atoms with E-state index in [2.05, 4.69) is 17.1 Å². The van der Waals surface area contributed by atoms with E-state index in [0.717, 1.165) is 13.1 Å². The van der Waals surface area contributed by atoms with Gasteiger partial charge in [0.2, 0.25) is 0 Å². The lowest BCUT2D eigenvalue weighted by atomic mass is 9.91. The van der Waals surface area contributed by atoms with Gasteiger partial charge in [0.1, 0.15) is 0 Å². The molecule has 0 amide bonds. The Morgan fingerprint density at radius 3 is 2.63 bits per heavy atom. The fraction of sp³-hybridized carbons (Fsp3) is 1.00. The average molecular weight is 270 g/mol. The number of rotatable bonds is 6. The van der Waals surface area contributed by atoms with Gasteiger partial charge in [-0.2, -0.15) is 0 Å². The maximum absolute atomic E-state index is 5.55. The van der Waals surface area contributed by atoms with Crippen LogP contribution in [0.1, 0.15) is 39.0 Å². The summed E-state index contributed by atoms with van der Waals surface area (Å²) in [6.45, 7) is 6.26. The van der Waals surface area contributed by atoms with Gasteiger partial charge in [-0.15, -0.1) is 0 Å². The van der Waals surface area contributed by atoms with E-state index in [1.807, 2.05) is 0 Å². The molecule has 2 unspecified atom stereocenters. The summed E-state index contributed by atoms with van der Waals surface area (Å²) >= 11 is 0. The third-order valence-electron chi connectivity index (χ3n) is 4.89. The van der Waals surface area contributed by atoms with Gasteiger partial charge in [-0.3, -0.25) is 4.90 Å². The van der Waals surface area contributed by atoms with E-state index < -0.39 is 0 Å². The molecule has 4 nitrogen and oxygen atoms in total. The topological polar surface area (TPSA) is 33.7 Å². The van der Waals surface area contributed by atoms with Crippen LogP contribution in [0.15, 0.2) is 0 Å². The van der Waals surface area contributed by atoms with E-state index in [9.17, 15) is 0 Å². The molecule has 0 radical (unpaired) electrons. The van der Waals surface area contributed by atoms with Gasteiger partial charge in [0.05, 0.1) is 12.7 Å². The first kappa shape index (κ1) is 15.2. The Labute approximate surface area is 117 Å². The van der Waals surface area contributed by atoms with Crippen LogP contribution in [0.3, 0.4) is 0 Å². The van der Waals surface area contributed by atoms with Gasteiger partial charge in [-0.05, 0) is 19.3 Å². The summed E-state index contributed by atoms with van der Waals surface area (Å²) in [5.41, 5.74) is 0.386. The quantitative estimate of drug-likeness (QED) is 0.795. The molecule has 0 aromatic heterocycles. The highest BCUT2D eigenvalue weighted by molar-refractivity contribution is 5.01. The molecule has 1 spiro atoms. The van der Waals surface area contributed by atoms with Crippen LogP contribution in [0.4, 0.5) is 0 Å². The molecular formula is C15H30N2O2. The number of nitrogens with zero attached hydrogens (tertiary/aromatic N) is 1. The van der Waals surface area contributed by atoms with Gasteiger partial charge < -0.3 is 14.8 Å². The van der Waals surface area contributed by atoms with Gasteiger partial charge in [-0.25, -0.2) is 0 Å². The van der Waals surface area contributed by atoms with Crippen LogP contribution in [0.25, 0.3) is 0 Å². The van der Waals surface area contributed by atoms with Crippen LogP contribution in [-0.2, 0) is 9.47 Å². The summed E-state index contributed by atoms with van der Waals surface area (Å²) in [4.78, 5) is 2.63. The maximum Gasteiger partial charge on any atom is 0.0931 e. The number of hydrogen-bond donors (Lipinski definition) is 1. The molecular weight excluding hydrogens is 240 g/mol. The lowest BCUT2D eigenvalue weighted by Crippen LogP contribution is -2.64. The lowest BCUT2D eigenvalue weighted by Gasteiger charge is -2.47. The highest BCUT2D eigenvalue weighted by Crippen LogP contribution is 2.33. The Hall–Kier alpha value is -0.160. The van der Waals surface area contributed by atoms with Gasteiger partial charge in [0.25, 0.3) is 0 Å². The Balaban J connectivity index is 1.96. The van der Waals surface area contributed by atoms with Crippen LogP contribution < -0.4 is 5.32 Å². The first-order valence-corrected chi connectivity index (χ1v) is 7.74. The van der Waals surface area contributed by atoms with E-state index in [0.29, 0.717) is 18.2 Å². The predicted molar refractivity (Wildman–Crippen MR) is 77.5 cm³/mol. The molecule has 19 heavy (non-hydrogen) atoms. The molecule has 1 N–H and O–H groups in total. The zero-order valence-electron chi connectivity index (χ0n) is 12.8. The normalized spacial score (nSPS) is 28.9. The summed E-state index contributed by atoms with van der Waals surface area (Å²) in [6, 6.07) is 0.640. The molecule has 4 heteroatoms. The molecule has 2 rings (SSSR count). The molecule has 0 bridgehead atoms. The highest BCUT2D eigenvalue weighted by atomic mass is 16.5. The molecule has 1 aliphatic heterocycles. The van der Waals surface area contributed by atoms with Crippen molar-refractivity contribution in [3.63, 3.8) is 0 Å². The smallest absolute Gasteiger partial charge is 0.0931 e. The third kappa shape index (κ3) is 3.69. The maximum atomic E-state index is 5.55. The zero-order chi connectivity index (χ0) is 13.7. The van der Waals surface area contributed by atoms with Crippen LogP contribution in [0, 0.1) is 0 Å². The van der Waals surface area contributed by atoms with E-state index in [4.69, 9.17) is 9.47 Å².